The van der Waals surface area contributed by atoms with Crippen LogP contribution in [0.25, 0.3) is 0 Å². The normalized spacial score (nSPS) is 38.7. The molecule has 0 aliphatic heterocycles. The predicted octanol–water partition coefficient (Wildman–Crippen LogP) is 10.1. The van der Waals surface area contributed by atoms with Gasteiger partial charge in [0, 0.05) is 17.3 Å². The zero-order chi connectivity index (χ0) is 39.1. The van der Waals surface area contributed by atoms with Crippen molar-refractivity contribution < 1.29 is 38.5 Å². The van der Waals surface area contributed by atoms with Crippen LogP contribution in [-0.4, -0.2) is 40.0 Å². The van der Waals surface area contributed by atoms with E-state index in [4.69, 9.17) is 4.74 Å². The van der Waals surface area contributed by atoms with Crippen LogP contribution in [0.1, 0.15) is 148 Å². The zero-order valence-electron chi connectivity index (χ0n) is 33.4. The van der Waals surface area contributed by atoms with Crippen LogP contribution >= 0.6 is 0 Å². The van der Waals surface area contributed by atoms with Crippen LogP contribution in [-0.2, 0) is 25.5 Å². The molecule has 0 radical (unpaired) electrons. The lowest BCUT2D eigenvalue weighted by Crippen LogP contribution is -2.67. The quantitative estimate of drug-likeness (QED) is 0.181. The van der Waals surface area contributed by atoms with Crippen LogP contribution in [0.2, 0.25) is 0 Å². The number of rotatable bonds is 10. The molecule has 6 rings (SSSR count). The Bertz CT molecular complexity index is 1690. The number of Topliss-reactive ketones (excluding diaryl/α,β-unsaturated/α-hetero) is 1. The third kappa shape index (κ3) is 6.11. The van der Waals surface area contributed by atoms with E-state index in [9.17, 15) is 33.8 Å². The second-order valence-corrected chi connectivity index (χ2v) is 20.1. The Morgan fingerprint density at radius 2 is 1.58 bits per heavy atom. The van der Waals surface area contributed by atoms with Crippen molar-refractivity contribution in [2.24, 2.45) is 62.1 Å². The van der Waals surface area contributed by atoms with E-state index in [1.54, 1.807) is 13.8 Å². The smallest absolute Gasteiger partial charge is 0.336 e. The van der Waals surface area contributed by atoms with Gasteiger partial charge in [-0.25, -0.2) is 9.18 Å². The monoisotopic (exact) mass is 734 g/mol. The number of aryl methyl sites for hydroxylation is 1. The van der Waals surface area contributed by atoms with Gasteiger partial charge in [0.2, 0.25) is 0 Å². The number of allylic oxidation sites excluding steroid dienone is 1. The van der Waals surface area contributed by atoms with Crippen molar-refractivity contribution in [3.8, 4) is 0 Å². The Kier molecular flexibility index (Phi) is 9.97. The van der Waals surface area contributed by atoms with Gasteiger partial charge in [0.15, 0.2) is 0 Å². The zero-order valence-corrected chi connectivity index (χ0v) is 33.4. The first-order valence-corrected chi connectivity index (χ1v) is 20.2. The molecule has 292 valence electrons. The summed E-state index contributed by atoms with van der Waals surface area (Å²) in [6.45, 7) is 21.8. The topological polar surface area (TPSA) is 118 Å². The molecule has 0 aromatic heterocycles. The molecule has 5 unspecified atom stereocenters. The van der Waals surface area contributed by atoms with Gasteiger partial charge in [-0.15, -0.1) is 0 Å². The van der Waals surface area contributed by atoms with E-state index in [2.05, 4.69) is 48.1 Å². The molecule has 1 aromatic carbocycles. The number of carbonyl (C=O) groups excluding carboxylic acids is 2. The third-order valence-corrected chi connectivity index (χ3v) is 16.9. The Morgan fingerprint density at radius 1 is 0.887 bits per heavy atom. The predicted molar refractivity (Wildman–Crippen MR) is 202 cm³/mol. The number of ether oxygens (including phenoxy) is 1. The minimum absolute atomic E-state index is 0.0275. The van der Waals surface area contributed by atoms with Gasteiger partial charge in [0.25, 0.3) is 0 Å². The summed E-state index contributed by atoms with van der Waals surface area (Å²) in [5, 5.41) is 19.3. The number of carboxylic acid groups (broad SMARTS) is 2. The highest BCUT2D eigenvalue weighted by molar-refractivity contribution is 5.90. The number of carboxylic acids is 2. The molecule has 1 aromatic rings. The number of aromatic carboxylic acids is 1. The molecule has 7 nitrogen and oxygen atoms in total. The highest BCUT2D eigenvalue weighted by Gasteiger charge is 2.72. The minimum atomic E-state index is -1.18. The maximum Gasteiger partial charge on any atom is 0.336 e. The summed E-state index contributed by atoms with van der Waals surface area (Å²) in [6.07, 6.45) is 9.75. The Hall–Kier alpha value is -3.03. The highest BCUT2D eigenvalue weighted by Crippen LogP contribution is 2.77. The van der Waals surface area contributed by atoms with Gasteiger partial charge < -0.3 is 14.9 Å². The first-order valence-electron chi connectivity index (χ1n) is 20.2. The lowest BCUT2D eigenvalue weighted by molar-refractivity contribution is -0.249. The molecule has 0 spiro atoms. The molecule has 2 N–H and O–H groups in total. The van der Waals surface area contributed by atoms with Gasteiger partial charge in [0.05, 0.1) is 17.4 Å². The lowest BCUT2D eigenvalue weighted by Gasteiger charge is -2.73. The average molecular weight is 735 g/mol. The van der Waals surface area contributed by atoms with Crippen LogP contribution in [0.4, 0.5) is 4.39 Å². The van der Waals surface area contributed by atoms with E-state index in [1.165, 1.54) is 12.1 Å². The minimum Gasteiger partial charge on any atom is -0.481 e. The molecule has 0 saturated heterocycles. The van der Waals surface area contributed by atoms with E-state index in [-0.39, 0.29) is 70.2 Å². The average Bonchev–Trinajstić information content (AvgIpc) is 3.47. The highest BCUT2D eigenvalue weighted by atomic mass is 19.1. The summed E-state index contributed by atoms with van der Waals surface area (Å²) < 4.78 is 20.1. The second-order valence-electron chi connectivity index (χ2n) is 20.1. The van der Waals surface area contributed by atoms with Gasteiger partial charge in [-0.05, 0) is 155 Å². The van der Waals surface area contributed by atoms with E-state index >= 15 is 0 Å². The molecule has 5 fully saturated rings. The van der Waals surface area contributed by atoms with Gasteiger partial charge in [-0.2, -0.15) is 0 Å². The largest absolute Gasteiger partial charge is 0.481 e. The van der Waals surface area contributed by atoms with Crippen molar-refractivity contribution in [2.75, 3.05) is 0 Å². The SMILES string of the molecule is C=C(C)[C@@H]1CC[C@]2(C(=O)CCc3ccc(F)cc3C(=O)O)CC[C@]3(C)C(CCC4[C@@]5(C)CCC(OC(=O)CC(C)(C)C(=O)O)C(C)(C)C5CC[C@]43C)C12. The number of halogens is 1. The molecule has 53 heavy (non-hydrogen) atoms. The Morgan fingerprint density at radius 3 is 2.23 bits per heavy atom. The first-order chi connectivity index (χ1) is 24.5. The van der Waals surface area contributed by atoms with Crippen LogP contribution < -0.4 is 0 Å². The molecule has 0 heterocycles. The van der Waals surface area contributed by atoms with Gasteiger partial charge in [-0.1, -0.05) is 52.8 Å². The second kappa shape index (κ2) is 13.3. The van der Waals surface area contributed by atoms with Crippen molar-refractivity contribution in [2.45, 2.75) is 145 Å². The molecule has 0 amide bonds. The fraction of sp³-hybridized carbons (Fsp3) is 0.733. The number of fused-ring (bicyclic) bond motifs is 7. The molecular formula is C45H63FO7. The van der Waals surface area contributed by atoms with Crippen molar-refractivity contribution in [1.29, 1.82) is 0 Å². The standard InChI is InChI=1S/C45H63FO7/c1-26(2)29-16-21-45(34(47)15-11-27-10-12-28(46)24-30(27)38(49)50)23-22-43(8)31(37(29)45)13-14-33-42(7)19-18-35(53-36(48)25-40(3,4)39(51)52)41(5,6)32(42)17-20-44(33,43)9/h10,12,24,29,31-33,35,37H,1,11,13-23,25H2,2-9H3,(H,49,50)(H,51,52)/t29-,31?,32?,33?,35?,37?,42-,43+,44+,45+/m0/s1. The summed E-state index contributed by atoms with van der Waals surface area (Å²) in [5.74, 6) is -1.29. The molecule has 8 heteroatoms. The molecule has 5 aliphatic carbocycles. The third-order valence-electron chi connectivity index (χ3n) is 16.9. The number of benzene rings is 1. The van der Waals surface area contributed by atoms with E-state index < -0.39 is 34.6 Å². The van der Waals surface area contributed by atoms with Gasteiger partial charge in [-0.3, -0.25) is 14.4 Å². The van der Waals surface area contributed by atoms with Crippen LogP contribution in [0.5, 0.6) is 0 Å². The number of ketones is 1. The summed E-state index contributed by atoms with van der Waals surface area (Å²) in [4.78, 5) is 51.4. The van der Waals surface area contributed by atoms with Crippen LogP contribution in [0, 0.1) is 67.9 Å². The van der Waals surface area contributed by atoms with Gasteiger partial charge >= 0.3 is 17.9 Å². The molecule has 5 saturated carbocycles. The summed E-state index contributed by atoms with van der Waals surface area (Å²) in [7, 11) is 0. The van der Waals surface area contributed by atoms with Gasteiger partial charge in [0.1, 0.15) is 17.7 Å². The van der Waals surface area contributed by atoms with Crippen molar-refractivity contribution in [1.82, 2.24) is 0 Å². The number of carbonyl (C=O) groups is 4. The number of esters is 1. The number of aliphatic carboxylic acids is 1. The lowest BCUT2D eigenvalue weighted by atomic mass is 9.32. The van der Waals surface area contributed by atoms with E-state index in [1.807, 2.05) is 0 Å². The van der Waals surface area contributed by atoms with E-state index in [0.717, 1.165) is 75.8 Å². The molecular weight excluding hydrogens is 671 g/mol. The summed E-state index contributed by atoms with van der Waals surface area (Å²) >= 11 is 0. The molecule has 10 atom stereocenters. The van der Waals surface area contributed by atoms with Crippen LogP contribution in [0.3, 0.4) is 0 Å². The first kappa shape index (κ1) is 39.7. The van der Waals surface area contributed by atoms with Crippen LogP contribution in [0.15, 0.2) is 30.4 Å². The van der Waals surface area contributed by atoms with Crippen molar-refractivity contribution in [3.05, 3.63) is 47.3 Å². The number of hydrogen-bond donors (Lipinski definition) is 2. The Labute approximate surface area is 315 Å². The molecule has 5 aliphatic rings. The van der Waals surface area contributed by atoms with E-state index in [0.29, 0.717) is 23.3 Å². The fourth-order valence-electron chi connectivity index (χ4n) is 13.9. The maximum atomic E-state index is 14.6. The summed E-state index contributed by atoms with van der Waals surface area (Å²) in [5.41, 5.74) is -0.156. The number of hydrogen-bond acceptors (Lipinski definition) is 5. The Balaban J connectivity index is 1.25. The fourth-order valence-corrected chi connectivity index (χ4v) is 13.9. The van der Waals surface area contributed by atoms with Crippen molar-refractivity contribution >= 4 is 23.7 Å². The van der Waals surface area contributed by atoms with Crippen molar-refractivity contribution in [3.63, 3.8) is 0 Å². The molecule has 0 bridgehead atoms. The summed E-state index contributed by atoms with van der Waals surface area (Å²) in [6, 6.07) is 3.85. The maximum absolute atomic E-state index is 14.6.